The van der Waals surface area contributed by atoms with Crippen molar-refractivity contribution in [1.29, 1.82) is 0 Å². The van der Waals surface area contributed by atoms with Gasteiger partial charge in [-0.15, -0.1) is 0 Å². The number of rotatable bonds is 6. The molecular weight excluding hydrogens is 500 g/mol. The number of carbonyl (C=O) groups is 2. The second-order valence-electron chi connectivity index (χ2n) is 10.1. The van der Waals surface area contributed by atoms with Crippen LogP contribution in [0.2, 0.25) is 0 Å². The molecule has 9 heteroatoms. The largest absolute Gasteiger partial charge is 0.368 e. The van der Waals surface area contributed by atoms with Crippen LogP contribution < -0.4 is 4.90 Å². The average molecular weight is 535 g/mol. The average Bonchev–Trinajstić information content (AvgIpc) is 3.26. The summed E-state index contributed by atoms with van der Waals surface area (Å²) in [5.41, 5.74) is 3.56. The third-order valence-corrected chi connectivity index (χ3v) is 9.34. The summed E-state index contributed by atoms with van der Waals surface area (Å²) in [7, 11) is -4.15. The fraction of sp³-hybridized carbons (Fsp3) is 0.379. The zero-order valence-corrected chi connectivity index (χ0v) is 22.9. The fourth-order valence-corrected chi connectivity index (χ4v) is 7.09. The number of nitrogens with zero attached hydrogens (tertiary/aromatic N) is 4. The molecule has 0 spiro atoms. The van der Waals surface area contributed by atoms with E-state index in [1.54, 1.807) is 23.1 Å². The van der Waals surface area contributed by atoms with E-state index in [0.717, 1.165) is 9.69 Å². The molecule has 3 aromatic carbocycles. The van der Waals surface area contributed by atoms with Gasteiger partial charge < -0.3 is 14.7 Å². The molecule has 200 valence electrons. The van der Waals surface area contributed by atoms with Crippen molar-refractivity contribution < 1.29 is 18.0 Å². The van der Waals surface area contributed by atoms with Gasteiger partial charge in [-0.05, 0) is 48.9 Å². The minimum atomic E-state index is -4.15. The summed E-state index contributed by atoms with van der Waals surface area (Å²) >= 11 is 0. The molecule has 3 aromatic rings. The number of hydrogen-bond acceptors (Lipinski definition) is 5. The van der Waals surface area contributed by atoms with Crippen LogP contribution in [-0.4, -0.2) is 79.8 Å². The highest BCUT2D eigenvalue weighted by Gasteiger charge is 2.48. The molecule has 2 aliphatic heterocycles. The van der Waals surface area contributed by atoms with E-state index in [1.807, 2.05) is 25.1 Å². The number of anilines is 1. The standard InChI is InChI=1S/C29H34N4O4S/c1-4-14-32-26(28(34)31-17-15-30(16-18-31)25-19-21(2)12-13-22(25)3)20-33(29(32)35)38(36,37)27-11-7-9-23-8-5-6-10-24(23)27/h5-13,19,26H,4,14-18,20H2,1-3H3. The number of benzene rings is 3. The third kappa shape index (κ3) is 4.60. The Bertz CT molecular complexity index is 1480. The van der Waals surface area contributed by atoms with Crippen molar-refractivity contribution >= 4 is 38.4 Å². The van der Waals surface area contributed by atoms with Crippen molar-refractivity contribution in [2.45, 2.75) is 38.1 Å². The van der Waals surface area contributed by atoms with E-state index in [9.17, 15) is 18.0 Å². The van der Waals surface area contributed by atoms with Crippen molar-refractivity contribution in [3.05, 3.63) is 71.8 Å². The van der Waals surface area contributed by atoms with Gasteiger partial charge in [0, 0.05) is 43.8 Å². The maximum Gasteiger partial charge on any atom is 0.334 e. The molecule has 1 atom stereocenters. The van der Waals surface area contributed by atoms with Crippen LogP contribution >= 0.6 is 0 Å². The molecule has 0 saturated carbocycles. The molecule has 0 aliphatic carbocycles. The van der Waals surface area contributed by atoms with Crippen LogP contribution in [0, 0.1) is 13.8 Å². The van der Waals surface area contributed by atoms with E-state index < -0.39 is 22.1 Å². The van der Waals surface area contributed by atoms with Crippen LogP contribution in [0.4, 0.5) is 10.5 Å². The van der Waals surface area contributed by atoms with E-state index >= 15 is 0 Å². The molecule has 0 N–H and O–H groups in total. The van der Waals surface area contributed by atoms with Gasteiger partial charge >= 0.3 is 6.03 Å². The Labute approximate surface area is 224 Å². The SMILES string of the molecule is CCCN1C(=O)N(S(=O)(=O)c2cccc3ccccc23)CC1C(=O)N1CCN(c2cc(C)ccc2C)CC1. The monoisotopic (exact) mass is 534 g/mol. The summed E-state index contributed by atoms with van der Waals surface area (Å²) < 4.78 is 28.4. The van der Waals surface area contributed by atoms with Crippen molar-refractivity contribution in [2.24, 2.45) is 0 Å². The molecule has 2 saturated heterocycles. The van der Waals surface area contributed by atoms with Crippen LogP contribution in [0.15, 0.2) is 65.6 Å². The Balaban J connectivity index is 1.37. The minimum absolute atomic E-state index is 0.0793. The molecule has 5 rings (SSSR count). The van der Waals surface area contributed by atoms with Gasteiger partial charge in [0.25, 0.3) is 10.0 Å². The number of fused-ring (bicyclic) bond motifs is 1. The van der Waals surface area contributed by atoms with E-state index in [1.165, 1.54) is 27.8 Å². The first-order valence-electron chi connectivity index (χ1n) is 13.1. The zero-order chi connectivity index (χ0) is 27.0. The second kappa shape index (κ2) is 10.3. The van der Waals surface area contributed by atoms with Crippen LogP contribution in [0.25, 0.3) is 10.8 Å². The quantitative estimate of drug-likeness (QED) is 0.477. The number of urea groups is 1. The second-order valence-corrected chi connectivity index (χ2v) is 11.9. The Morgan fingerprint density at radius 1 is 0.947 bits per heavy atom. The maximum atomic E-state index is 13.8. The van der Waals surface area contributed by atoms with Crippen molar-refractivity contribution in [1.82, 2.24) is 14.1 Å². The van der Waals surface area contributed by atoms with Gasteiger partial charge in [0.15, 0.2) is 0 Å². The predicted molar refractivity (Wildman–Crippen MR) is 149 cm³/mol. The third-order valence-electron chi connectivity index (χ3n) is 7.54. The summed E-state index contributed by atoms with van der Waals surface area (Å²) in [6.07, 6.45) is 0.623. The van der Waals surface area contributed by atoms with Gasteiger partial charge in [-0.3, -0.25) is 4.79 Å². The van der Waals surface area contributed by atoms with Crippen molar-refractivity contribution in [3.63, 3.8) is 0 Å². The molecule has 2 aliphatic rings. The van der Waals surface area contributed by atoms with Crippen LogP contribution in [0.5, 0.6) is 0 Å². The van der Waals surface area contributed by atoms with Gasteiger partial charge in [-0.2, -0.15) is 0 Å². The number of aryl methyl sites for hydroxylation is 2. The molecule has 38 heavy (non-hydrogen) atoms. The zero-order valence-electron chi connectivity index (χ0n) is 22.1. The Kier molecular flexibility index (Phi) is 7.05. The van der Waals surface area contributed by atoms with Gasteiger partial charge in [0.2, 0.25) is 5.91 Å². The Hall–Kier alpha value is -3.59. The van der Waals surface area contributed by atoms with Gasteiger partial charge in [0.1, 0.15) is 6.04 Å². The van der Waals surface area contributed by atoms with Crippen molar-refractivity contribution in [3.8, 4) is 0 Å². The number of amides is 3. The summed E-state index contributed by atoms with van der Waals surface area (Å²) in [5, 5.41) is 1.34. The molecule has 8 nitrogen and oxygen atoms in total. The van der Waals surface area contributed by atoms with Gasteiger partial charge in [0.05, 0.1) is 11.4 Å². The van der Waals surface area contributed by atoms with E-state index in [2.05, 4.69) is 36.9 Å². The van der Waals surface area contributed by atoms with E-state index in [-0.39, 0.29) is 17.3 Å². The number of carbonyl (C=O) groups excluding carboxylic acids is 2. The maximum absolute atomic E-state index is 13.8. The number of hydrogen-bond donors (Lipinski definition) is 0. The van der Waals surface area contributed by atoms with Gasteiger partial charge in [-0.1, -0.05) is 55.5 Å². The summed E-state index contributed by atoms with van der Waals surface area (Å²) in [6, 6.07) is 17.2. The van der Waals surface area contributed by atoms with E-state index in [0.29, 0.717) is 44.5 Å². The highest BCUT2D eigenvalue weighted by atomic mass is 32.2. The van der Waals surface area contributed by atoms with Gasteiger partial charge in [-0.25, -0.2) is 17.5 Å². The highest BCUT2D eigenvalue weighted by Crippen LogP contribution is 2.31. The lowest BCUT2D eigenvalue weighted by molar-refractivity contribution is -0.135. The molecular formula is C29H34N4O4S. The minimum Gasteiger partial charge on any atom is -0.368 e. The molecule has 0 radical (unpaired) electrons. The normalized spacial score (nSPS) is 18.5. The smallest absolute Gasteiger partial charge is 0.334 e. The summed E-state index contributed by atoms with van der Waals surface area (Å²) in [6.45, 7) is 8.62. The topological polar surface area (TPSA) is 81.2 Å². The van der Waals surface area contributed by atoms with E-state index in [4.69, 9.17) is 0 Å². The van der Waals surface area contributed by atoms with Crippen molar-refractivity contribution in [2.75, 3.05) is 44.2 Å². The fourth-order valence-electron chi connectivity index (χ4n) is 5.49. The Morgan fingerprint density at radius 2 is 1.66 bits per heavy atom. The first kappa shape index (κ1) is 26.0. The summed E-state index contributed by atoms with van der Waals surface area (Å²) in [4.78, 5) is 32.7. The Morgan fingerprint density at radius 3 is 2.39 bits per heavy atom. The lowest BCUT2D eigenvalue weighted by Crippen LogP contribution is -2.54. The number of sulfonamides is 1. The summed E-state index contributed by atoms with van der Waals surface area (Å²) in [5.74, 6) is -0.192. The van der Waals surface area contributed by atoms with Crippen LogP contribution in [-0.2, 0) is 14.8 Å². The lowest BCUT2D eigenvalue weighted by Gasteiger charge is -2.38. The highest BCUT2D eigenvalue weighted by molar-refractivity contribution is 7.90. The van der Waals surface area contributed by atoms with Crippen LogP contribution in [0.3, 0.4) is 0 Å². The molecule has 1 unspecified atom stereocenters. The number of piperazine rings is 1. The molecule has 2 heterocycles. The molecule has 0 bridgehead atoms. The molecule has 3 amide bonds. The van der Waals surface area contributed by atoms with Crippen LogP contribution in [0.1, 0.15) is 24.5 Å². The molecule has 2 fully saturated rings. The molecule has 0 aromatic heterocycles. The first-order valence-corrected chi connectivity index (χ1v) is 14.6. The predicted octanol–water partition coefficient (Wildman–Crippen LogP) is 4.01. The lowest BCUT2D eigenvalue weighted by atomic mass is 10.1. The first-order chi connectivity index (χ1) is 18.2.